The summed E-state index contributed by atoms with van der Waals surface area (Å²) in [4.78, 5) is 0. The molecule has 1 N–H and O–H groups in total. The van der Waals surface area contributed by atoms with Gasteiger partial charge in [-0.2, -0.15) is 0 Å². The van der Waals surface area contributed by atoms with Crippen LogP contribution in [0.1, 0.15) is 31.7 Å². The molecule has 0 radical (unpaired) electrons. The minimum absolute atomic E-state index is 0.658. The van der Waals surface area contributed by atoms with E-state index < -0.39 is 0 Å². The van der Waals surface area contributed by atoms with Gasteiger partial charge in [0.15, 0.2) is 11.5 Å². The molecule has 1 saturated carbocycles. The van der Waals surface area contributed by atoms with Crippen LogP contribution in [0.5, 0.6) is 11.5 Å². The van der Waals surface area contributed by atoms with Gasteiger partial charge in [-0.25, -0.2) is 0 Å². The summed E-state index contributed by atoms with van der Waals surface area (Å²) in [6.07, 6.45) is 4.77. The molecule has 0 amide bonds. The van der Waals surface area contributed by atoms with E-state index in [0.717, 1.165) is 50.1 Å². The largest absolute Gasteiger partial charge is 0.490 e. The molecule has 0 aromatic heterocycles. The fraction of sp³-hybridized carbons (Fsp3) is 0.625. The molecule has 1 aromatic rings. The van der Waals surface area contributed by atoms with Crippen molar-refractivity contribution in [3.05, 3.63) is 23.8 Å². The Labute approximate surface area is 115 Å². The molecule has 3 nitrogen and oxygen atoms in total. The summed E-state index contributed by atoms with van der Waals surface area (Å²) >= 11 is 0. The lowest BCUT2D eigenvalue weighted by Gasteiger charge is -2.14. The number of rotatable bonds is 5. The smallest absolute Gasteiger partial charge is 0.161 e. The molecule has 3 rings (SSSR count). The molecule has 0 bridgehead atoms. The summed E-state index contributed by atoms with van der Waals surface area (Å²) in [5.74, 6) is 2.47. The predicted octanol–water partition coefficient (Wildman–Crippen LogP) is 2.78. The highest BCUT2D eigenvalue weighted by Crippen LogP contribution is 2.31. The van der Waals surface area contributed by atoms with Crippen molar-refractivity contribution in [2.24, 2.45) is 5.92 Å². The standard InChI is InChI=1S/C16H23NO2/c1-12(11-17-14-4-5-14)9-13-3-6-15-16(10-13)19-8-2-7-18-15/h3,6,10,12,14,17H,2,4-5,7-9,11H2,1H3. The van der Waals surface area contributed by atoms with E-state index in [9.17, 15) is 0 Å². The van der Waals surface area contributed by atoms with Crippen LogP contribution in [0.4, 0.5) is 0 Å². The highest BCUT2D eigenvalue weighted by molar-refractivity contribution is 5.43. The zero-order valence-corrected chi connectivity index (χ0v) is 11.7. The summed E-state index contributed by atoms with van der Waals surface area (Å²) < 4.78 is 11.4. The van der Waals surface area contributed by atoms with Crippen LogP contribution in [0.25, 0.3) is 0 Å². The second-order valence-corrected chi connectivity index (χ2v) is 5.82. The van der Waals surface area contributed by atoms with Crippen molar-refractivity contribution in [3.63, 3.8) is 0 Å². The Morgan fingerprint density at radius 2 is 2.00 bits per heavy atom. The van der Waals surface area contributed by atoms with E-state index in [4.69, 9.17) is 9.47 Å². The Morgan fingerprint density at radius 1 is 1.21 bits per heavy atom. The molecule has 1 atom stereocenters. The lowest BCUT2D eigenvalue weighted by Crippen LogP contribution is -2.24. The summed E-state index contributed by atoms with van der Waals surface area (Å²) in [6, 6.07) is 7.16. The second kappa shape index (κ2) is 5.83. The Balaban J connectivity index is 1.59. The van der Waals surface area contributed by atoms with E-state index in [1.165, 1.54) is 18.4 Å². The maximum absolute atomic E-state index is 5.74. The molecule has 1 fully saturated rings. The maximum atomic E-state index is 5.74. The fourth-order valence-corrected chi connectivity index (χ4v) is 2.46. The van der Waals surface area contributed by atoms with Gasteiger partial charge in [0.1, 0.15) is 0 Å². The number of benzene rings is 1. The first-order chi connectivity index (χ1) is 9.31. The normalized spacial score (nSPS) is 19.8. The lowest BCUT2D eigenvalue weighted by molar-refractivity contribution is 0.297. The van der Waals surface area contributed by atoms with Gasteiger partial charge in [0.05, 0.1) is 13.2 Å². The van der Waals surface area contributed by atoms with Crippen molar-refractivity contribution in [1.29, 1.82) is 0 Å². The topological polar surface area (TPSA) is 30.5 Å². The molecule has 1 unspecified atom stereocenters. The monoisotopic (exact) mass is 261 g/mol. The molecule has 1 aliphatic carbocycles. The molecule has 0 spiro atoms. The number of nitrogens with one attached hydrogen (secondary N) is 1. The zero-order chi connectivity index (χ0) is 13.1. The molecular weight excluding hydrogens is 238 g/mol. The zero-order valence-electron chi connectivity index (χ0n) is 11.7. The molecular formula is C16H23NO2. The van der Waals surface area contributed by atoms with Crippen molar-refractivity contribution in [2.75, 3.05) is 19.8 Å². The van der Waals surface area contributed by atoms with E-state index in [2.05, 4.69) is 30.4 Å². The third kappa shape index (κ3) is 3.63. The third-order valence-electron chi connectivity index (χ3n) is 3.73. The first kappa shape index (κ1) is 12.8. The summed E-state index contributed by atoms with van der Waals surface area (Å²) in [5.41, 5.74) is 1.34. The molecule has 1 aromatic carbocycles. The average Bonchev–Trinajstić information content (AvgIpc) is 3.23. The molecule has 104 valence electrons. The molecule has 19 heavy (non-hydrogen) atoms. The summed E-state index contributed by atoms with van der Waals surface area (Å²) in [5, 5.41) is 3.59. The van der Waals surface area contributed by atoms with Crippen molar-refractivity contribution in [3.8, 4) is 11.5 Å². The van der Waals surface area contributed by atoms with E-state index >= 15 is 0 Å². The quantitative estimate of drug-likeness (QED) is 0.884. The number of fused-ring (bicyclic) bond motifs is 1. The van der Waals surface area contributed by atoms with Gasteiger partial charge in [0, 0.05) is 12.5 Å². The van der Waals surface area contributed by atoms with E-state index in [1.807, 2.05) is 0 Å². The first-order valence-corrected chi connectivity index (χ1v) is 7.43. The highest BCUT2D eigenvalue weighted by Gasteiger charge is 2.21. The molecule has 1 aliphatic heterocycles. The Morgan fingerprint density at radius 3 is 2.79 bits per heavy atom. The predicted molar refractivity (Wildman–Crippen MR) is 75.9 cm³/mol. The van der Waals surface area contributed by atoms with Crippen LogP contribution >= 0.6 is 0 Å². The fourth-order valence-electron chi connectivity index (χ4n) is 2.46. The SMILES string of the molecule is CC(CNC1CC1)Cc1ccc2c(c1)OCCCO2. The second-order valence-electron chi connectivity index (χ2n) is 5.82. The van der Waals surface area contributed by atoms with Gasteiger partial charge in [0.2, 0.25) is 0 Å². The highest BCUT2D eigenvalue weighted by atomic mass is 16.5. The summed E-state index contributed by atoms with van der Waals surface area (Å²) in [6.45, 7) is 4.93. The van der Waals surface area contributed by atoms with Crippen molar-refractivity contribution in [2.45, 2.75) is 38.6 Å². The van der Waals surface area contributed by atoms with Crippen molar-refractivity contribution < 1.29 is 9.47 Å². The summed E-state index contributed by atoms with van der Waals surface area (Å²) in [7, 11) is 0. The Kier molecular flexibility index (Phi) is 3.92. The van der Waals surface area contributed by atoms with E-state index in [0.29, 0.717) is 5.92 Å². The maximum Gasteiger partial charge on any atom is 0.161 e. The molecule has 3 heteroatoms. The third-order valence-corrected chi connectivity index (χ3v) is 3.73. The van der Waals surface area contributed by atoms with Crippen LogP contribution in [-0.4, -0.2) is 25.8 Å². The van der Waals surface area contributed by atoms with Gasteiger partial charge in [-0.3, -0.25) is 0 Å². The van der Waals surface area contributed by atoms with Crippen LogP contribution < -0.4 is 14.8 Å². The minimum Gasteiger partial charge on any atom is -0.490 e. The first-order valence-electron chi connectivity index (χ1n) is 7.43. The Bertz CT molecular complexity index is 429. The minimum atomic E-state index is 0.658. The number of ether oxygens (including phenoxy) is 2. The van der Waals surface area contributed by atoms with Crippen molar-refractivity contribution >= 4 is 0 Å². The van der Waals surface area contributed by atoms with Gasteiger partial charge in [-0.15, -0.1) is 0 Å². The van der Waals surface area contributed by atoms with Gasteiger partial charge in [-0.1, -0.05) is 13.0 Å². The van der Waals surface area contributed by atoms with Gasteiger partial charge < -0.3 is 14.8 Å². The van der Waals surface area contributed by atoms with Crippen molar-refractivity contribution in [1.82, 2.24) is 5.32 Å². The van der Waals surface area contributed by atoms with Crippen LogP contribution in [0.15, 0.2) is 18.2 Å². The number of hydrogen-bond acceptors (Lipinski definition) is 3. The molecule has 0 saturated heterocycles. The number of hydrogen-bond donors (Lipinski definition) is 1. The Hall–Kier alpha value is -1.22. The van der Waals surface area contributed by atoms with Crippen LogP contribution in [0.2, 0.25) is 0 Å². The molecule has 2 aliphatic rings. The van der Waals surface area contributed by atoms with Crippen LogP contribution in [-0.2, 0) is 6.42 Å². The van der Waals surface area contributed by atoms with E-state index in [1.54, 1.807) is 0 Å². The van der Waals surface area contributed by atoms with Gasteiger partial charge >= 0.3 is 0 Å². The van der Waals surface area contributed by atoms with Crippen LogP contribution in [0.3, 0.4) is 0 Å². The average molecular weight is 261 g/mol. The molecule has 1 heterocycles. The van der Waals surface area contributed by atoms with Gasteiger partial charge in [0.25, 0.3) is 0 Å². The van der Waals surface area contributed by atoms with E-state index in [-0.39, 0.29) is 0 Å². The van der Waals surface area contributed by atoms with Crippen LogP contribution in [0, 0.1) is 5.92 Å². The lowest BCUT2D eigenvalue weighted by atomic mass is 10.0. The van der Waals surface area contributed by atoms with Gasteiger partial charge in [-0.05, 0) is 49.4 Å².